The quantitative estimate of drug-likeness (QED) is 0.302. The number of amides is 1. The first-order valence-corrected chi connectivity index (χ1v) is 13.7. The normalized spacial score (nSPS) is 11.5. The lowest BCUT2D eigenvalue weighted by atomic mass is 10.2. The fourth-order valence-corrected chi connectivity index (χ4v) is 5.45. The predicted molar refractivity (Wildman–Crippen MR) is 149 cm³/mol. The van der Waals surface area contributed by atoms with Crippen LogP contribution in [0.2, 0.25) is 10.0 Å². The van der Waals surface area contributed by atoms with Gasteiger partial charge in [-0.3, -0.25) is 9.59 Å². The summed E-state index contributed by atoms with van der Waals surface area (Å²) in [4.78, 5) is 32.0. The molecular weight excluding hydrogens is 547 g/mol. The fraction of sp³-hybridized carbons (Fsp3) is 0.148. The number of anilines is 1. The van der Waals surface area contributed by atoms with Gasteiger partial charge in [0.15, 0.2) is 0 Å². The van der Waals surface area contributed by atoms with E-state index in [1.54, 1.807) is 61.5 Å². The number of aromatic amines is 1. The first-order valence-electron chi connectivity index (χ1n) is 11.5. The van der Waals surface area contributed by atoms with E-state index < -0.39 is 22.5 Å². The minimum absolute atomic E-state index is 0.0624. The summed E-state index contributed by atoms with van der Waals surface area (Å²) in [7, 11) is -4.04. The Balaban J connectivity index is 1.60. The zero-order chi connectivity index (χ0) is 27.4. The van der Waals surface area contributed by atoms with E-state index in [1.165, 1.54) is 18.2 Å². The van der Waals surface area contributed by atoms with Gasteiger partial charge < -0.3 is 10.3 Å². The van der Waals surface area contributed by atoms with Gasteiger partial charge in [-0.2, -0.15) is 4.31 Å². The highest BCUT2D eigenvalue weighted by molar-refractivity contribution is 7.89. The lowest BCUT2D eigenvalue weighted by molar-refractivity contribution is -0.116. The Bertz CT molecular complexity index is 1650. The molecule has 2 N–H and O–H groups in total. The molecule has 0 aliphatic rings. The van der Waals surface area contributed by atoms with Crippen molar-refractivity contribution in [2.75, 3.05) is 11.9 Å². The molecule has 0 spiro atoms. The number of nitrogens with zero attached hydrogens (tertiary/aromatic N) is 2. The summed E-state index contributed by atoms with van der Waals surface area (Å²) in [5, 5.41) is 3.36. The van der Waals surface area contributed by atoms with E-state index in [2.05, 4.69) is 15.3 Å². The van der Waals surface area contributed by atoms with Crippen LogP contribution in [0.25, 0.3) is 11.4 Å². The highest BCUT2D eigenvalue weighted by atomic mass is 35.5. The molecule has 4 aromatic rings. The van der Waals surface area contributed by atoms with E-state index in [9.17, 15) is 18.0 Å². The van der Waals surface area contributed by atoms with Crippen molar-refractivity contribution in [3.63, 3.8) is 0 Å². The summed E-state index contributed by atoms with van der Waals surface area (Å²) in [6.07, 6.45) is 0. The monoisotopic (exact) mass is 570 g/mol. The number of rotatable bonds is 8. The highest BCUT2D eigenvalue weighted by Crippen LogP contribution is 2.26. The van der Waals surface area contributed by atoms with Crippen molar-refractivity contribution in [2.45, 2.75) is 25.3 Å². The Morgan fingerprint density at radius 3 is 2.39 bits per heavy atom. The van der Waals surface area contributed by atoms with E-state index in [-0.39, 0.29) is 22.0 Å². The molecule has 0 aliphatic heterocycles. The summed E-state index contributed by atoms with van der Waals surface area (Å²) < 4.78 is 28.2. The van der Waals surface area contributed by atoms with Crippen LogP contribution < -0.4 is 10.9 Å². The van der Waals surface area contributed by atoms with Gasteiger partial charge in [0.1, 0.15) is 5.82 Å². The van der Waals surface area contributed by atoms with Gasteiger partial charge in [-0.05, 0) is 55.8 Å². The molecule has 0 saturated carbocycles. The van der Waals surface area contributed by atoms with Gasteiger partial charge >= 0.3 is 0 Å². The summed E-state index contributed by atoms with van der Waals surface area (Å²) >= 11 is 12.2. The zero-order valence-corrected chi connectivity index (χ0v) is 22.9. The van der Waals surface area contributed by atoms with Crippen LogP contribution in [-0.2, 0) is 21.4 Å². The lowest BCUT2D eigenvalue weighted by Crippen LogP contribution is -2.37. The number of halogens is 2. The largest absolute Gasteiger partial charge is 0.325 e. The first kappa shape index (κ1) is 27.5. The first-order chi connectivity index (χ1) is 18.0. The minimum Gasteiger partial charge on any atom is -0.325 e. The number of aromatic nitrogens is 2. The second kappa shape index (κ2) is 11.5. The maximum Gasteiger partial charge on any atom is 0.251 e. The molecule has 0 bridgehead atoms. The van der Waals surface area contributed by atoms with E-state index >= 15 is 0 Å². The number of carbonyl (C=O) groups excluding carboxylic acids is 1. The third-order valence-electron chi connectivity index (χ3n) is 5.61. The van der Waals surface area contributed by atoms with Crippen LogP contribution in [0.4, 0.5) is 5.69 Å². The number of hydrogen-bond donors (Lipinski definition) is 2. The van der Waals surface area contributed by atoms with E-state index in [4.69, 9.17) is 23.2 Å². The van der Waals surface area contributed by atoms with Crippen molar-refractivity contribution >= 4 is 44.8 Å². The highest BCUT2D eigenvalue weighted by Gasteiger charge is 2.27. The molecule has 4 rings (SSSR count). The summed E-state index contributed by atoms with van der Waals surface area (Å²) in [5.74, 6) is -0.196. The van der Waals surface area contributed by atoms with Gasteiger partial charge in [0.25, 0.3) is 5.56 Å². The Labute approximate surface area is 230 Å². The smallest absolute Gasteiger partial charge is 0.251 e. The van der Waals surface area contributed by atoms with E-state index in [0.29, 0.717) is 33.4 Å². The van der Waals surface area contributed by atoms with Gasteiger partial charge in [0.2, 0.25) is 15.9 Å². The number of hydrogen-bond acceptors (Lipinski definition) is 5. The average molecular weight is 571 g/mol. The van der Waals surface area contributed by atoms with Gasteiger partial charge in [-0.15, -0.1) is 0 Å². The number of sulfonamides is 1. The molecule has 1 aromatic heterocycles. The van der Waals surface area contributed by atoms with Crippen LogP contribution in [0.3, 0.4) is 0 Å². The van der Waals surface area contributed by atoms with Crippen LogP contribution in [0.5, 0.6) is 0 Å². The van der Waals surface area contributed by atoms with Gasteiger partial charge in [-0.25, -0.2) is 13.4 Å². The maximum absolute atomic E-state index is 13.5. The molecule has 11 heteroatoms. The second-order valence-electron chi connectivity index (χ2n) is 8.70. The Morgan fingerprint density at radius 1 is 0.974 bits per heavy atom. The molecule has 8 nitrogen and oxygen atoms in total. The Kier molecular flexibility index (Phi) is 8.32. The molecule has 1 heterocycles. The van der Waals surface area contributed by atoms with E-state index in [1.807, 2.05) is 6.92 Å². The number of carbonyl (C=O) groups is 1. The molecule has 38 heavy (non-hydrogen) atoms. The number of H-pyrrole nitrogens is 1. The Hall–Kier alpha value is -3.50. The van der Waals surface area contributed by atoms with E-state index in [0.717, 1.165) is 9.87 Å². The molecule has 1 amide bonds. The molecule has 0 radical (unpaired) electrons. The molecule has 0 atom stereocenters. The van der Waals surface area contributed by atoms with Gasteiger partial charge in [0.05, 0.1) is 21.5 Å². The summed E-state index contributed by atoms with van der Waals surface area (Å²) in [6, 6.07) is 19.3. The number of aryl methyl sites for hydroxylation is 2. The molecule has 0 fully saturated rings. The van der Waals surface area contributed by atoms with Crippen LogP contribution in [0, 0.1) is 13.8 Å². The van der Waals surface area contributed by atoms with Crippen LogP contribution in [-0.4, -0.2) is 35.1 Å². The summed E-state index contributed by atoms with van der Waals surface area (Å²) in [6.45, 7) is 3.00. The van der Waals surface area contributed by atoms with Crippen molar-refractivity contribution in [1.29, 1.82) is 0 Å². The minimum atomic E-state index is -4.04. The Morgan fingerprint density at radius 2 is 1.71 bits per heavy atom. The third-order valence-corrected chi connectivity index (χ3v) is 8.16. The standard InChI is InChI=1S/C27H24Cl2N4O4S/c1-17-6-9-22(10-7-17)38(36,37)33(15-19-8-11-23(28)24(29)13-19)16-26(35)31-21-5-3-4-20(14-21)27-30-18(2)12-25(34)32-27/h3-14H,15-16H2,1-2H3,(H,31,35)(H,30,32,34). The second-order valence-corrected chi connectivity index (χ2v) is 11.5. The van der Waals surface area contributed by atoms with Crippen molar-refractivity contribution < 1.29 is 13.2 Å². The third kappa shape index (κ3) is 6.68. The summed E-state index contributed by atoms with van der Waals surface area (Å²) in [5.41, 5.74) is 2.74. The molecule has 0 unspecified atom stereocenters. The molecule has 0 aliphatic carbocycles. The topological polar surface area (TPSA) is 112 Å². The number of benzene rings is 3. The van der Waals surface area contributed by atoms with Crippen LogP contribution >= 0.6 is 23.2 Å². The number of nitrogens with one attached hydrogen (secondary N) is 2. The SMILES string of the molecule is Cc1ccc(S(=O)(=O)N(CC(=O)Nc2cccc(-c3nc(C)cc(=O)[nH]3)c2)Cc2ccc(Cl)c(Cl)c2)cc1. The molecule has 0 saturated heterocycles. The van der Waals surface area contributed by atoms with Crippen molar-refractivity contribution in [1.82, 2.24) is 14.3 Å². The van der Waals surface area contributed by atoms with Gasteiger partial charge in [0, 0.05) is 29.6 Å². The van der Waals surface area contributed by atoms with Crippen LogP contribution in [0.1, 0.15) is 16.8 Å². The molecular formula is C27H24Cl2N4O4S. The zero-order valence-electron chi connectivity index (χ0n) is 20.5. The van der Waals surface area contributed by atoms with Gasteiger partial charge in [-0.1, -0.05) is 59.1 Å². The van der Waals surface area contributed by atoms with Crippen molar-refractivity contribution in [3.05, 3.63) is 110 Å². The van der Waals surface area contributed by atoms with Crippen LogP contribution in [0.15, 0.2) is 82.5 Å². The van der Waals surface area contributed by atoms with Crippen molar-refractivity contribution in [2.24, 2.45) is 0 Å². The lowest BCUT2D eigenvalue weighted by Gasteiger charge is -2.22. The predicted octanol–water partition coefficient (Wildman–Crippen LogP) is 5.19. The average Bonchev–Trinajstić information content (AvgIpc) is 2.85. The maximum atomic E-state index is 13.5. The molecule has 196 valence electrons. The molecule has 3 aromatic carbocycles. The fourth-order valence-electron chi connectivity index (χ4n) is 3.75. The van der Waals surface area contributed by atoms with Crippen molar-refractivity contribution in [3.8, 4) is 11.4 Å².